The van der Waals surface area contributed by atoms with Crippen molar-refractivity contribution in [2.24, 2.45) is 0 Å². The van der Waals surface area contributed by atoms with Crippen molar-refractivity contribution in [3.63, 3.8) is 0 Å². The molecule has 0 saturated carbocycles. The summed E-state index contributed by atoms with van der Waals surface area (Å²) >= 11 is 0. The summed E-state index contributed by atoms with van der Waals surface area (Å²) in [4.78, 5) is 19.5. The summed E-state index contributed by atoms with van der Waals surface area (Å²) in [7, 11) is 0. The van der Waals surface area contributed by atoms with Gasteiger partial charge in [-0.2, -0.15) is 0 Å². The van der Waals surface area contributed by atoms with Gasteiger partial charge in [0.05, 0.1) is 5.52 Å². The van der Waals surface area contributed by atoms with E-state index in [-0.39, 0.29) is 0 Å². The zero-order valence-corrected chi connectivity index (χ0v) is 26.0. The lowest BCUT2D eigenvalue weighted by atomic mass is 9.91. The lowest BCUT2D eigenvalue weighted by Crippen LogP contribution is -2.00. The van der Waals surface area contributed by atoms with Gasteiger partial charge in [0.2, 0.25) is 0 Å². The van der Waals surface area contributed by atoms with Gasteiger partial charge in [-0.1, -0.05) is 158 Å². The molecular formula is C44H28N4. The molecule has 2 aromatic heterocycles. The quantitative estimate of drug-likeness (QED) is 0.181. The third kappa shape index (κ3) is 4.97. The van der Waals surface area contributed by atoms with Gasteiger partial charge in [0.15, 0.2) is 17.5 Å². The Labute approximate surface area is 278 Å². The predicted molar refractivity (Wildman–Crippen MR) is 197 cm³/mol. The van der Waals surface area contributed by atoms with Crippen LogP contribution in [0.15, 0.2) is 170 Å². The minimum atomic E-state index is 0.646. The summed E-state index contributed by atoms with van der Waals surface area (Å²) in [5.74, 6) is 1.96. The molecule has 0 unspecified atom stereocenters. The Morgan fingerprint density at radius 3 is 1.38 bits per heavy atom. The lowest BCUT2D eigenvalue weighted by Gasteiger charge is -2.13. The van der Waals surface area contributed by atoms with Crippen LogP contribution in [0.25, 0.3) is 88.9 Å². The minimum Gasteiger partial charge on any atom is -0.256 e. The molecule has 0 radical (unpaired) electrons. The van der Waals surface area contributed by atoms with Gasteiger partial charge >= 0.3 is 0 Å². The second kappa shape index (κ2) is 11.7. The topological polar surface area (TPSA) is 51.6 Å². The Balaban J connectivity index is 1.11. The molecule has 0 amide bonds. The third-order valence-corrected chi connectivity index (χ3v) is 8.98. The highest BCUT2D eigenvalue weighted by Crippen LogP contribution is 2.38. The fourth-order valence-electron chi connectivity index (χ4n) is 6.57. The van der Waals surface area contributed by atoms with E-state index in [4.69, 9.17) is 19.9 Å². The van der Waals surface area contributed by atoms with Crippen LogP contribution in [0.2, 0.25) is 0 Å². The van der Waals surface area contributed by atoms with Gasteiger partial charge in [0.1, 0.15) is 0 Å². The third-order valence-electron chi connectivity index (χ3n) is 8.98. The Morgan fingerprint density at radius 1 is 0.312 bits per heavy atom. The number of hydrogen-bond donors (Lipinski definition) is 0. The second-order valence-corrected chi connectivity index (χ2v) is 11.9. The van der Waals surface area contributed by atoms with Gasteiger partial charge < -0.3 is 0 Å². The Hall–Kier alpha value is -6.52. The minimum absolute atomic E-state index is 0.646. The maximum absolute atomic E-state index is 4.91. The first-order valence-corrected chi connectivity index (χ1v) is 16.1. The van der Waals surface area contributed by atoms with Crippen molar-refractivity contribution < 1.29 is 0 Å². The van der Waals surface area contributed by atoms with Gasteiger partial charge in [-0.15, -0.1) is 0 Å². The van der Waals surface area contributed by atoms with Gasteiger partial charge in [0.25, 0.3) is 0 Å². The zero-order valence-electron chi connectivity index (χ0n) is 26.0. The number of fused-ring (bicyclic) bond motifs is 4. The van der Waals surface area contributed by atoms with Crippen LogP contribution in [-0.2, 0) is 0 Å². The number of hydrogen-bond acceptors (Lipinski definition) is 4. The normalized spacial score (nSPS) is 11.3. The molecule has 0 atom stereocenters. The van der Waals surface area contributed by atoms with Gasteiger partial charge in [-0.05, 0) is 44.5 Å². The van der Waals surface area contributed by atoms with Crippen LogP contribution in [0.4, 0.5) is 0 Å². The second-order valence-electron chi connectivity index (χ2n) is 11.9. The van der Waals surface area contributed by atoms with Crippen LogP contribution < -0.4 is 0 Å². The maximum Gasteiger partial charge on any atom is 0.164 e. The van der Waals surface area contributed by atoms with E-state index in [1.165, 1.54) is 32.7 Å². The molecule has 9 rings (SSSR count). The lowest BCUT2D eigenvalue weighted by molar-refractivity contribution is 1.07. The van der Waals surface area contributed by atoms with Crippen LogP contribution in [-0.4, -0.2) is 19.9 Å². The molecule has 48 heavy (non-hydrogen) atoms. The van der Waals surface area contributed by atoms with E-state index < -0.39 is 0 Å². The largest absolute Gasteiger partial charge is 0.256 e. The fraction of sp³-hybridized carbons (Fsp3) is 0. The first-order chi connectivity index (χ1) is 23.8. The highest BCUT2D eigenvalue weighted by Gasteiger charge is 2.14. The van der Waals surface area contributed by atoms with Crippen molar-refractivity contribution in [2.75, 3.05) is 0 Å². The molecule has 0 aliphatic heterocycles. The first-order valence-electron chi connectivity index (χ1n) is 16.1. The summed E-state index contributed by atoms with van der Waals surface area (Å²) in [6.07, 6.45) is 1.97. The van der Waals surface area contributed by atoms with E-state index in [9.17, 15) is 0 Å². The molecule has 2 heterocycles. The van der Waals surface area contributed by atoms with Gasteiger partial charge in [-0.25, -0.2) is 15.0 Å². The number of benzene rings is 7. The molecule has 0 aliphatic carbocycles. The average molecular weight is 613 g/mol. The molecule has 4 heteroatoms. The van der Waals surface area contributed by atoms with Crippen molar-refractivity contribution in [3.05, 3.63) is 170 Å². The molecule has 7 aromatic carbocycles. The van der Waals surface area contributed by atoms with E-state index in [0.717, 1.165) is 38.7 Å². The average Bonchev–Trinajstić information content (AvgIpc) is 3.18. The molecule has 0 saturated heterocycles. The molecule has 9 aromatic rings. The summed E-state index contributed by atoms with van der Waals surface area (Å²) in [6.45, 7) is 0. The smallest absolute Gasteiger partial charge is 0.164 e. The van der Waals surface area contributed by atoms with Crippen LogP contribution in [0, 0.1) is 0 Å². The molecule has 224 valence electrons. The van der Waals surface area contributed by atoms with Gasteiger partial charge in [-0.3, -0.25) is 4.98 Å². The van der Waals surface area contributed by atoms with E-state index in [1.807, 2.05) is 66.9 Å². The number of pyridine rings is 1. The Kier molecular flexibility index (Phi) is 6.76. The van der Waals surface area contributed by atoms with E-state index in [1.54, 1.807) is 0 Å². The van der Waals surface area contributed by atoms with Crippen LogP contribution in [0.5, 0.6) is 0 Å². The van der Waals surface area contributed by atoms with Crippen molar-refractivity contribution in [3.8, 4) is 56.4 Å². The molecule has 0 aliphatic rings. The number of nitrogens with zero attached hydrogens (tertiary/aromatic N) is 4. The first kappa shape index (κ1) is 27.8. The summed E-state index contributed by atoms with van der Waals surface area (Å²) in [5, 5.41) is 5.96. The van der Waals surface area contributed by atoms with Crippen LogP contribution in [0.1, 0.15) is 0 Å². The SMILES string of the molecule is c1ccc(-c2nc(-c3ccccc3)nc(-c3ccc(-c4ccc(-c5ccc6c(c5)ncc5ccccc56)c5ccccc45)cc3)n2)cc1. The number of rotatable bonds is 5. The highest BCUT2D eigenvalue weighted by molar-refractivity contribution is 6.09. The van der Waals surface area contributed by atoms with E-state index in [2.05, 4.69) is 103 Å². The molecule has 0 N–H and O–H groups in total. The highest BCUT2D eigenvalue weighted by atomic mass is 15.0. The van der Waals surface area contributed by atoms with Gasteiger partial charge in [0, 0.05) is 33.7 Å². The molecule has 0 bridgehead atoms. The summed E-state index contributed by atoms with van der Waals surface area (Å²) < 4.78 is 0. The molecule has 0 fully saturated rings. The summed E-state index contributed by atoms with van der Waals surface area (Å²) in [5.41, 5.74) is 8.50. The summed E-state index contributed by atoms with van der Waals surface area (Å²) in [6, 6.07) is 56.8. The van der Waals surface area contributed by atoms with E-state index in [0.29, 0.717) is 17.5 Å². The standard InChI is InChI=1S/C44H28N4/c1-3-11-30(12-4-1)42-46-43(31-13-5-2-6-14-31)48-44(47-42)32-21-19-29(20-22-32)36-25-26-37(39-18-10-9-17-38(36)39)33-23-24-40-35-16-8-7-15-34(35)28-45-41(40)27-33/h1-28H. The molecular weight excluding hydrogens is 585 g/mol. The fourth-order valence-corrected chi connectivity index (χ4v) is 6.57. The molecule has 4 nitrogen and oxygen atoms in total. The monoisotopic (exact) mass is 612 g/mol. The predicted octanol–water partition coefficient (Wildman–Crippen LogP) is 11.1. The van der Waals surface area contributed by atoms with Crippen LogP contribution in [0.3, 0.4) is 0 Å². The Morgan fingerprint density at radius 2 is 0.771 bits per heavy atom. The van der Waals surface area contributed by atoms with Crippen molar-refractivity contribution in [1.29, 1.82) is 0 Å². The van der Waals surface area contributed by atoms with Crippen LogP contribution >= 0.6 is 0 Å². The number of aromatic nitrogens is 4. The van der Waals surface area contributed by atoms with Crippen molar-refractivity contribution in [2.45, 2.75) is 0 Å². The molecule has 0 spiro atoms. The van der Waals surface area contributed by atoms with E-state index >= 15 is 0 Å². The Bertz CT molecular complexity index is 2540. The van der Waals surface area contributed by atoms with Crippen molar-refractivity contribution in [1.82, 2.24) is 19.9 Å². The zero-order chi connectivity index (χ0) is 31.9. The van der Waals surface area contributed by atoms with Crippen molar-refractivity contribution >= 4 is 32.4 Å². The maximum atomic E-state index is 4.91.